The fourth-order valence-electron chi connectivity index (χ4n) is 4.31. The Morgan fingerprint density at radius 3 is 2.48 bits per heavy atom. The molecule has 0 saturated carbocycles. The molecule has 0 spiro atoms. The van der Waals surface area contributed by atoms with Crippen molar-refractivity contribution >= 4 is 5.91 Å². The van der Waals surface area contributed by atoms with E-state index >= 15 is 0 Å². The third-order valence-electron chi connectivity index (χ3n) is 6.32. The van der Waals surface area contributed by atoms with Crippen molar-refractivity contribution in [2.75, 3.05) is 52.4 Å². The molecule has 1 aromatic heterocycles. The fraction of sp³-hybridized carbons (Fsp3) is 0.800. The Hall–Kier alpha value is -1.44. The number of piperazine rings is 1. The molecule has 2 aliphatic heterocycles. The van der Waals surface area contributed by atoms with Gasteiger partial charge in [0.05, 0.1) is 12.2 Å². The summed E-state index contributed by atoms with van der Waals surface area (Å²) in [5, 5.41) is 14.4. The maximum Gasteiger partial charge on any atom is 0.239 e. The lowest BCUT2D eigenvalue weighted by Gasteiger charge is -2.37. The standard InChI is InChI=1S/C20H35N5O2/c1-5-22-6-8-23(9-7-22)20(27)16(4)24-11-18(14-26)19(13-24)17-10-21-25(12-17)15(2)3/h10,12,15-16,18-19,26H,5-9,11,13-14H2,1-4H3/t16?,18-,19-/m0/s1. The van der Waals surface area contributed by atoms with Crippen LogP contribution in [0.25, 0.3) is 0 Å². The highest BCUT2D eigenvalue weighted by Crippen LogP contribution is 2.34. The van der Waals surface area contributed by atoms with E-state index in [2.05, 4.69) is 41.9 Å². The summed E-state index contributed by atoms with van der Waals surface area (Å²) < 4.78 is 1.97. The summed E-state index contributed by atoms with van der Waals surface area (Å²) in [6.07, 6.45) is 4.02. The zero-order valence-electron chi connectivity index (χ0n) is 17.2. The zero-order valence-corrected chi connectivity index (χ0v) is 17.2. The Labute approximate surface area is 162 Å². The molecule has 1 unspecified atom stereocenters. The molecule has 152 valence electrons. The second-order valence-electron chi connectivity index (χ2n) is 8.29. The Morgan fingerprint density at radius 2 is 1.93 bits per heavy atom. The number of aliphatic hydroxyl groups excluding tert-OH is 1. The van der Waals surface area contributed by atoms with Gasteiger partial charge in [-0.2, -0.15) is 5.10 Å². The minimum absolute atomic E-state index is 0.141. The second-order valence-corrected chi connectivity index (χ2v) is 8.29. The molecule has 3 atom stereocenters. The van der Waals surface area contributed by atoms with E-state index in [1.54, 1.807) is 0 Å². The van der Waals surface area contributed by atoms with Crippen molar-refractivity contribution < 1.29 is 9.90 Å². The van der Waals surface area contributed by atoms with Crippen molar-refractivity contribution in [2.45, 2.75) is 45.7 Å². The Bertz CT molecular complexity index is 624. The molecule has 0 aromatic carbocycles. The average Bonchev–Trinajstić information content (AvgIpc) is 3.33. The minimum Gasteiger partial charge on any atom is -0.396 e. The molecule has 2 aliphatic rings. The molecule has 1 aromatic rings. The van der Waals surface area contributed by atoms with E-state index in [1.165, 1.54) is 5.56 Å². The first-order valence-electron chi connectivity index (χ1n) is 10.3. The zero-order chi connectivity index (χ0) is 19.6. The topological polar surface area (TPSA) is 64.8 Å². The summed E-state index contributed by atoms with van der Waals surface area (Å²) in [7, 11) is 0. The molecule has 0 radical (unpaired) electrons. The van der Waals surface area contributed by atoms with Crippen molar-refractivity contribution in [1.82, 2.24) is 24.5 Å². The van der Waals surface area contributed by atoms with Crippen LogP contribution in [0.5, 0.6) is 0 Å². The molecular weight excluding hydrogens is 342 g/mol. The van der Waals surface area contributed by atoms with E-state index in [9.17, 15) is 9.90 Å². The van der Waals surface area contributed by atoms with E-state index in [1.807, 2.05) is 22.7 Å². The van der Waals surface area contributed by atoms with Gasteiger partial charge in [-0.3, -0.25) is 14.4 Å². The van der Waals surface area contributed by atoms with E-state index in [4.69, 9.17) is 0 Å². The molecule has 27 heavy (non-hydrogen) atoms. The van der Waals surface area contributed by atoms with Gasteiger partial charge in [0.15, 0.2) is 0 Å². The summed E-state index contributed by atoms with van der Waals surface area (Å²) in [4.78, 5) is 19.6. The lowest BCUT2D eigenvalue weighted by molar-refractivity contribution is -0.137. The van der Waals surface area contributed by atoms with Crippen LogP contribution in [0.2, 0.25) is 0 Å². The van der Waals surface area contributed by atoms with Gasteiger partial charge in [0.1, 0.15) is 0 Å². The molecule has 2 fully saturated rings. The van der Waals surface area contributed by atoms with Crippen LogP contribution < -0.4 is 0 Å². The third kappa shape index (κ3) is 4.36. The lowest BCUT2D eigenvalue weighted by atomic mass is 9.92. The summed E-state index contributed by atoms with van der Waals surface area (Å²) in [5.74, 6) is 0.609. The van der Waals surface area contributed by atoms with Crippen LogP contribution in [0.3, 0.4) is 0 Å². The molecule has 1 N–H and O–H groups in total. The van der Waals surface area contributed by atoms with E-state index in [0.717, 1.165) is 45.8 Å². The lowest BCUT2D eigenvalue weighted by Crippen LogP contribution is -2.53. The molecule has 0 bridgehead atoms. The van der Waals surface area contributed by atoms with Gasteiger partial charge in [-0.1, -0.05) is 6.92 Å². The predicted octanol–water partition coefficient (Wildman–Crippen LogP) is 1.02. The van der Waals surface area contributed by atoms with Crippen LogP contribution in [0, 0.1) is 5.92 Å². The highest BCUT2D eigenvalue weighted by Gasteiger charge is 2.39. The Kier molecular flexibility index (Phi) is 6.55. The van der Waals surface area contributed by atoms with Gasteiger partial charge in [0.25, 0.3) is 0 Å². The number of amides is 1. The molecule has 0 aliphatic carbocycles. The summed E-state index contributed by atoms with van der Waals surface area (Å²) in [6, 6.07) is 0.184. The number of carbonyl (C=O) groups is 1. The highest BCUT2D eigenvalue weighted by atomic mass is 16.3. The van der Waals surface area contributed by atoms with Crippen LogP contribution in [0.15, 0.2) is 12.4 Å². The van der Waals surface area contributed by atoms with Crippen LogP contribution in [0.1, 0.15) is 45.2 Å². The van der Waals surface area contributed by atoms with Gasteiger partial charge in [-0.05, 0) is 32.9 Å². The van der Waals surface area contributed by atoms with Crippen LogP contribution in [0.4, 0.5) is 0 Å². The molecule has 2 saturated heterocycles. The molecule has 7 heteroatoms. The van der Waals surface area contributed by atoms with Crippen molar-refractivity contribution in [3.05, 3.63) is 18.0 Å². The number of carbonyl (C=O) groups excluding carboxylic acids is 1. The van der Waals surface area contributed by atoms with E-state index in [-0.39, 0.29) is 30.4 Å². The number of hydrogen-bond donors (Lipinski definition) is 1. The number of likely N-dealkylation sites (tertiary alicyclic amines) is 1. The van der Waals surface area contributed by atoms with Gasteiger partial charge >= 0.3 is 0 Å². The molecule has 1 amide bonds. The van der Waals surface area contributed by atoms with Crippen LogP contribution in [-0.2, 0) is 4.79 Å². The predicted molar refractivity (Wildman–Crippen MR) is 106 cm³/mol. The number of hydrogen-bond acceptors (Lipinski definition) is 5. The van der Waals surface area contributed by atoms with Gasteiger partial charge in [0, 0.05) is 69.9 Å². The monoisotopic (exact) mass is 377 g/mol. The smallest absolute Gasteiger partial charge is 0.239 e. The van der Waals surface area contributed by atoms with Crippen LogP contribution >= 0.6 is 0 Å². The van der Waals surface area contributed by atoms with Crippen molar-refractivity contribution in [1.29, 1.82) is 0 Å². The molecule has 7 nitrogen and oxygen atoms in total. The first-order chi connectivity index (χ1) is 12.9. The second kappa shape index (κ2) is 8.71. The maximum atomic E-state index is 13.0. The number of aromatic nitrogens is 2. The summed E-state index contributed by atoms with van der Waals surface area (Å²) >= 11 is 0. The SMILES string of the molecule is CCN1CCN(C(=O)C(C)N2C[C@@H](CO)[C@H](c3cnn(C(C)C)c3)C2)CC1. The molecular formula is C20H35N5O2. The van der Waals surface area contributed by atoms with Gasteiger partial charge in [-0.15, -0.1) is 0 Å². The fourth-order valence-corrected chi connectivity index (χ4v) is 4.31. The Morgan fingerprint density at radius 1 is 1.22 bits per heavy atom. The summed E-state index contributed by atoms with van der Waals surface area (Å²) in [5.41, 5.74) is 1.17. The van der Waals surface area contributed by atoms with Crippen molar-refractivity contribution in [3.8, 4) is 0 Å². The van der Waals surface area contributed by atoms with Crippen LogP contribution in [-0.4, -0.2) is 94.0 Å². The number of nitrogens with zero attached hydrogens (tertiary/aromatic N) is 5. The number of aliphatic hydroxyl groups is 1. The third-order valence-corrected chi connectivity index (χ3v) is 6.32. The first kappa shape index (κ1) is 20.3. The highest BCUT2D eigenvalue weighted by molar-refractivity contribution is 5.81. The minimum atomic E-state index is -0.141. The number of rotatable bonds is 6. The molecule has 3 heterocycles. The normalized spacial score (nSPS) is 26.1. The largest absolute Gasteiger partial charge is 0.396 e. The quantitative estimate of drug-likeness (QED) is 0.802. The molecule has 3 rings (SSSR count). The maximum absolute atomic E-state index is 13.0. The van der Waals surface area contributed by atoms with Gasteiger partial charge in [-0.25, -0.2) is 0 Å². The van der Waals surface area contributed by atoms with Crippen molar-refractivity contribution in [2.24, 2.45) is 5.92 Å². The van der Waals surface area contributed by atoms with E-state index in [0.29, 0.717) is 6.04 Å². The van der Waals surface area contributed by atoms with Gasteiger partial charge < -0.3 is 14.9 Å². The van der Waals surface area contributed by atoms with E-state index < -0.39 is 0 Å². The van der Waals surface area contributed by atoms with Crippen molar-refractivity contribution in [3.63, 3.8) is 0 Å². The first-order valence-corrected chi connectivity index (χ1v) is 10.3. The average molecular weight is 378 g/mol. The summed E-state index contributed by atoms with van der Waals surface area (Å²) in [6.45, 7) is 14.7. The Balaban J connectivity index is 1.64. The number of likely N-dealkylation sites (N-methyl/N-ethyl adjacent to an activating group) is 1. The van der Waals surface area contributed by atoms with Gasteiger partial charge in [0.2, 0.25) is 5.91 Å².